The molecule has 0 radical (unpaired) electrons. The van der Waals surface area contributed by atoms with E-state index in [2.05, 4.69) is 9.88 Å². The third-order valence-corrected chi connectivity index (χ3v) is 4.65. The van der Waals surface area contributed by atoms with Crippen molar-refractivity contribution >= 4 is 11.9 Å². The molecule has 0 bridgehead atoms. The minimum absolute atomic E-state index is 0.0441. The van der Waals surface area contributed by atoms with Gasteiger partial charge in [-0.1, -0.05) is 12.1 Å². The smallest absolute Gasteiger partial charge is 0.236 e. The fraction of sp³-hybridized carbons (Fsp3) is 0.450. The number of ether oxygens (including phenoxy) is 1. The van der Waals surface area contributed by atoms with E-state index in [1.54, 1.807) is 31.3 Å². The van der Waals surface area contributed by atoms with E-state index < -0.39 is 0 Å². The van der Waals surface area contributed by atoms with Crippen LogP contribution in [0.2, 0.25) is 0 Å². The summed E-state index contributed by atoms with van der Waals surface area (Å²) in [5.41, 5.74) is 2.13. The third-order valence-electron chi connectivity index (χ3n) is 4.65. The highest BCUT2D eigenvalue weighted by molar-refractivity contribution is 5.77. The number of anilines is 1. The summed E-state index contributed by atoms with van der Waals surface area (Å²) in [5, 5.41) is 0. The number of amides is 1. The standard InChI is InChI=1S/C20H26FN5O2/c1-24(2)18(27)13-26-8-9-28-17(12-26)19-16(11-22-20(23-19)25(3)4)14-6-5-7-15(21)10-14/h5-7,10-11,17H,8-9,12-13H2,1-4H3/t17-/m1/s1. The fourth-order valence-corrected chi connectivity index (χ4v) is 3.07. The number of rotatable bonds is 5. The SMILES string of the molecule is CN(C)C(=O)CN1CCO[C@@H](c2nc(N(C)C)ncc2-c2cccc(F)c2)C1. The molecule has 0 saturated carbocycles. The van der Waals surface area contributed by atoms with E-state index in [9.17, 15) is 9.18 Å². The first-order valence-electron chi connectivity index (χ1n) is 9.19. The van der Waals surface area contributed by atoms with Gasteiger partial charge in [-0.2, -0.15) is 0 Å². The molecule has 8 heteroatoms. The zero-order valence-electron chi connectivity index (χ0n) is 16.7. The van der Waals surface area contributed by atoms with Gasteiger partial charge in [0, 0.05) is 53.0 Å². The first-order chi connectivity index (χ1) is 13.3. The summed E-state index contributed by atoms with van der Waals surface area (Å²) in [5.74, 6) is 0.283. The van der Waals surface area contributed by atoms with Gasteiger partial charge in [0.15, 0.2) is 0 Å². The molecular formula is C20H26FN5O2. The molecule has 7 nitrogen and oxygen atoms in total. The zero-order chi connectivity index (χ0) is 20.3. The molecule has 0 spiro atoms. The topological polar surface area (TPSA) is 61.8 Å². The van der Waals surface area contributed by atoms with E-state index in [1.165, 1.54) is 12.1 Å². The number of benzene rings is 1. The lowest BCUT2D eigenvalue weighted by Gasteiger charge is -2.33. The molecule has 1 fully saturated rings. The van der Waals surface area contributed by atoms with Gasteiger partial charge in [-0.05, 0) is 17.7 Å². The highest BCUT2D eigenvalue weighted by atomic mass is 19.1. The minimum Gasteiger partial charge on any atom is -0.369 e. The summed E-state index contributed by atoms with van der Waals surface area (Å²) < 4.78 is 19.8. The number of morpholine rings is 1. The van der Waals surface area contributed by atoms with E-state index in [0.717, 1.165) is 5.56 Å². The lowest BCUT2D eigenvalue weighted by atomic mass is 10.0. The first kappa shape index (κ1) is 20.2. The molecule has 150 valence electrons. The Morgan fingerprint density at radius 2 is 2.11 bits per heavy atom. The molecule has 2 heterocycles. The van der Waals surface area contributed by atoms with Crippen molar-refractivity contribution in [3.05, 3.63) is 42.0 Å². The molecule has 1 aliphatic heterocycles. The van der Waals surface area contributed by atoms with Gasteiger partial charge in [-0.25, -0.2) is 14.4 Å². The van der Waals surface area contributed by atoms with Crippen molar-refractivity contribution in [3.8, 4) is 11.1 Å². The molecule has 28 heavy (non-hydrogen) atoms. The van der Waals surface area contributed by atoms with Crippen LogP contribution < -0.4 is 4.90 Å². The van der Waals surface area contributed by atoms with Gasteiger partial charge in [-0.3, -0.25) is 9.69 Å². The summed E-state index contributed by atoms with van der Waals surface area (Å²) >= 11 is 0. The van der Waals surface area contributed by atoms with Gasteiger partial charge < -0.3 is 14.5 Å². The predicted octanol–water partition coefficient (Wildman–Crippen LogP) is 1.81. The Bertz CT molecular complexity index is 843. The van der Waals surface area contributed by atoms with Crippen molar-refractivity contribution in [3.63, 3.8) is 0 Å². The molecule has 1 saturated heterocycles. The third kappa shape index (κ3) is 4.63. The second-order valence-electron chi connectivity index (χ2n) is 7.26. The van der Waals surface area contributed by atoms with Crippen LogP contribution in [0, 0.1) is 5.82 Å². The lowest BCUT2D eigenvalue weighted by molar-refractivity contribution is -0.132. The van der Waals surface area contributed by atoms with Gasteiger partial charge >= 0.3 is 0 Å². The minimum atomic E-state index is -0.330. The second kappa shape index (κ2) is 8.62. The van der Waals surface area contributed by atoms with Gasteiger partial charge in [-0.15, -0.1) is 0 Å². The normalized spacial score (nSPS) is 17.4. The fourth-order valence-electron chi connectivity index (χ4n) is 3.07. The lowest BCUT2D eigenvalue weighted by Crippen LogP contribution is -2.44. The number of aromatic nitrogens is 2. The van der Waals surface area contributed by atoms with Gasteiger partial charge in [0.25, 0.3) is 0 Å². The highest BCUT2D eigenvalue weighted by Crippen LogP contribution is 2.31. The number of hydrogen-bond acceptors (Lipinski definition) is 6. The molecule has 3 rings (SSSR count). The summed E-state index contributed by atoms with van der Waals surface area (Å²) in [6.07, 6.45) is 1.38. The van der Waals surface area contributed by atoms with E-state index in [4.69, 9.17) is 9.72 Å². The Morgan fingerprint density at radius 1 is 1.32 bits per heavy atom. The quantitative estimate of drug-likeness (QED) is 0.780. The number of nitrogens with zero attached hydrogens (tertiary/aromatic N) is 5. The van der Waals surface area contributed by atoms with E-state index in [0.29, 0.717) is 43.4 Å². The summed E-state index contributed by atoms with van der Waals surface area (Å²) in [4.78, 5) is 26.6. The Morgan fingerprint density at radius 3 is 2.79 bits per heavy atom. The monoisotopic (exact) mass is 387 g/mol. The van der Waals surface area contributed by atoms with Gasteiger partial charge in [0.05, 0.1) is 18.8 Å². The molecule has 0 N–H and O–H groups in total. The van der Waals surface area contributed by atoms with Crippen LogP contribution in [0.1, 0.15) is 11.8 Å². The van der Waals surface area contributed by atoms with Crippen molar-refractivity contribution in [1.29, 1.82) is 0 Å². The summed E-state index contributed by atoms with van der Waals surface area (Å²) in [6.45, 7) is 2.03. The zero-order valence-corrected chi connectivity index (χ0v) is 16.7. The second-order valence-corrected chi connectivity index (χ2v) is 7.26. The Kier molecular flexibility index (Phi) is 6.21. The van der Waals surface area contributed by atoms with Crippen molar-refractivity contribution in [1.82, 2.24) is 19.8 Å². The maximum atomic E-state index is 13.8. The van der Waals surface area contributed by atoms with Crippen LogP contribution in [-0.2, 0) is 9.53 Å². The maximum Gasteiger partial charge on any atom is 0.236 e. The molecule has 2 aromatic rings. The van der Waals surface area contributed by atoms with Crippen molar-refractivity contribution in [2.75, 3.05) is 59.3 Å². The van der Waals surface area contributed by atoms with E-state index in [1.807, 2.05) is 25.1 Å². The van der Waals surface area contributed by atoms with Crippen molar-refractivity contribution in [2.24, 2.45) is 0 Å². The van der Waals surface area contributed by atoms with Crippen LogP contribution in [0.3, 0.4) is 0 Å². The molecule has 1 aliphatic rings. The first-order valence-corrected chi connectivity index (χ1v) is 9.19. The average molecular weight is 387 g/mol. The number of carbonyl (C=O) groups is 1. The van der Waals surface area contributed by atoms with Crippen LogP contribution >= 0.6 is 0 Å². The van der Waals surface area contributed by atoms with Crippen LogP contribution in [0.15, 0.2) is 30.5 Å². The average Bonchev–Trinajstić information content (AvgIpc) is 2.67. The number of carbonyl (C=O) groups excluding carboxylic acids is 1. The Balaban J connectivity index is 1.94. The molecule has 1 amide bonds. The number of hydrogen-bond donors (Lipinski definition) is 0. The van der Waals surface area contributed by atoms with Gasteiger partial charge in [0.1, 0.15) is 11.9 Å². The molecule has 1 aromatic carbocycles. The number of halogens is 1. The highest BCUT2D eigenvalue weighted by Gasteiger charge is 2.28. The molecule has 0 unspecified atom stereocenters. The summed E-state index contributed by atoms with van der Waals surface area (Å²) in [7, 11) is 7.22. The summed E-state index contributed by atoms with van der Waals surface area (Å²) in [6, 6.07) is 6.37. The van der Waals surface area contributed by atoms with Crippen molar-refractivity contribution < 1.29 is 13.9 Å². The van der Waals surface area contributed by atoms with Gasteiger partial charge in [0.2, 0.25) is 11.9 Å². The van der Waals surface area contributed by atoms with Crippen LogP contribution in [-0.4, -0.2) is 80.1 Å². The van der Waals surface area contributed by atoms with Crippen LogP contribution in [0.5, 0.6) is 0 Å². The maximum absolute atomic E-state index is 13.8. The van der Waals surface area contributed by atoms with E-state index >= 15 is 0 Å². The Labute approximate surface area is 164 Å². The largest absolute Gasteiger partial charge is 0.369 e. The van der Waals surface area contributed by atoms with E-state index in [-0.39, 0.29) is 17.8 Å². The predicted molar refractivity (Wildman–Crippen MR) is 106 cm³/mol. The van der Waals surface area contributed by atoms with Crippen LogP contribution in [0.25, 0.3) is 11.1 Å². The van der Waals surface area contributed by atoms with Crippen molar-refractivity contribution in [2.45, 2.75) is 6.10 Å². The molecule has 0 aliphatic carbocycles. The molecule has 1 aromatic heterocycles. The molecule has 1 atom stereocenters. The van der Waals surface area contributed by atoms with Crippen LogP contribution in [0.4, 0.5) is 10.3 Å². The molecular weight excluding hydrogens is 361 g/mol. The number of likely N-dealkylation sites (N-methyl/N-ethyl adjacent to an activating group) is 1. The Hall–Kier alpha value is -2.58.